The summed E-state index contributed by atoms with van der Waals surface area (Å²) in [6.07, 6.45) is 0. The number of nitrogens with two attached hydrogens (primary N) is 1. The van der Waals surface area contributed by atoms with Gasteiger partial charge in [0.2, 0.25) is 11.1 Å². The third-order valence-corrected chi connectivity index (χ3v) is 5.03. The molecule has 0 aliphatic rings. The molecule has 3 aromatic rings. The van der Waals surface area contributed by atoms with Gasteiger partial charge in [0.25, 0.3) is 0 Å². The lowest BCUT2D eigenvalue weighted by molar-refractivity contribution is -0.120. The summed E-state index contributed by atoms with van der Waals surface area (Å²) < 4.78 is 6.55. The van der Waals surface area contributed by atoms with Crippen LogP contribution in [0.3, 0.4) is 0 Å². The normalized spacial score (nSPS) is 11.8. The SMILES string of the molecule is COc1ccc(-c2nnc(S[C@H](C)C(=O)NCc3ccccc3)n2N)cc1. The van der Waals surface area contributed by atoms with Gasteiger partial charge in [-0.05, 0) is 36.8 Å². The van der Waals surface area contributed by atoms with Crippen LogP contribution in [0.2, 0.25) is 0 Å². The average Bonchev–Trinajstić information content (AvgIpc) is 3.07. The Balaban J connectivity index is 1.63. The number of nitrogens with one attached hydrogen (secondary N) is 1. The molecule has 0 bridgehead atoms. The second-order valence-corrected chi connectivity index (χ2v) is 7.18. The number of carbonyl (C=O) groups excluding carboxylic acids is 1. The van der Waals surface area contributed by atoms with Crippen molar-refractivity contribution in [1.82, 2.24) is 20.2 Å². The van der Waals surface area contributed by atoms with Crippen molar-refractivity contribution in [1.29, 1.82) is 0 Å². The molecule has 140 valence electrons. The monoisotopic (exact) mass is 383 g/mol. The summed E-state index contributed by atoms with van der Waals surface area (Å²) in [7, 11) is 1.61. The molecule has 0 saturated carbocycles. The lowest BCUT2D eigenvalue weighted by Gasteiger charge is -2.11. The Morgan fingerprint density at radius 3 is 2.56 bits per heavy atom. The number of hydrogen-bond donors (Lipinski definition) is 2. The van der Waals surface area contributed by atoms with Crippen LogP contribution >= 0.6 is 11.8 Å². The Morgan fingerprint density at radius 2 is 1.89 bits per heavy atom. The largest absolute Gasteiger partial charge is 0.497 e. The predicted octanol–water partition coefficient (Wildman–Crippen LogP) is 2.46. The van der Waals surface area contributed by atoms with Crippen LogP contribution in [0.1, 0.15) is 12.5 Å². The van der Waals surface area contributed by atoms with Crippen LogP contribution in [-0.2, 0) is 11.3 Å². The Hall–Kier alpha value is -3.00. The highest BCUT2D eigenvalue weighted by molar-refractivity contribution is 8.00. The van der Waals surface area contributed by atoms with Gasteiger partial charge < -0.3 is 15.9 Å². The molecule has 2 aromatic carbocycles. The molecule has 1 atom stereocenters. The molecular weight excluding hydrogens is 362 g/mol. The van der Waals surface area contributed by atoms with Crippen LogP contribution in [0.25, 0.3) is 11.4 Å². The van der Waals surface area contributed by atoms with Crippen LogP contribution < -0.4 is 15.9 Å². The van der Waals surface area contributed by atoms with Gasteiger partial charge >= 0.3 is 0 Å². The topological polar surface area (TPSA) is 95.1 Å². The highest BCUT2D eigenvalue weighted by Crippen LogP contribution is 2.26. The van der Waals surface area contributed by atoms with Gasteiger partial charge in [-0.3, -0.25) is 4.79 Å². The Labute approximate surface area is 161 Å². The van der Waals surface area contributed by atoms with Crippen molar-refractivity contribution in [2.45, 2.75) is 23.9 Å². The van der Waals surface area contributed by atoms with Gasteiger partial charge in [0.15, 0.2) is 5.82 Å². The van der Waals surface area contributed by atoms with E-state index in [9.17, 15) is 4.79 Å². The van der Waals surface area contributed by atoms with Crippen molar-refractivity contribution in [2.24, 2.45) is 0 Å². The summed E-state index contributed by atoms with van der Waals surface area (Å²) >= 11 is 1.26. The molecule has 0 fully saturated rings. The number of benzene rings is 2. The maximum Gasteiger partial charge on any atom is 0.233 e. The number of rotatable bonds is 7. The fourth-order valence-electron chi connectivity index (χ4n) is 2.43. The first-order valence-corrected chi connectivity index (χ1v) is 9.29. The number of nitrogen functional groups attached to an aromatic ring is 1. The van der Waals surface area contributed by atoms with Crippen molar-refractivity contribution in [3.8, 4) is 17.1 Å². The minimum absolute atomic E-state index is 0.0853. The second-order valence-electron chi connectivity index (χ2n) is 5.87. The molecule has 0 spiro atoms. The third kappa shape index (κ3) is 4.59. The zero-order valence-corrected chi connectivity index (χ0v) is 15.9. The van der Waals surface area contributed by atoms with E-state index in [0.29, 0.717) is 17.5 Å². The van der Waals surface area contributed by atoms with Gasteiger partial charge in [0.05, 0.1) is 12.4 Å². The first kappa shape index (κ1) is 18.8. The van der Waals surface area contributed by atoms with Gasteiger partial charge in [-0.1, -0.05) is 42.1 Å². The van der Waals surface area contributed by atoms with E-state index in [2.05, 4.69) is 15.5 Å². The summed E-state index contributed by atoms with van der Waals surface area (Å²) in [5.41, 5.74) is 1.87. The molecule has 0 radical (unpaired) electrons. The predicted molar refractivity (Wildman–Crippen MR) is 106 cm³/mol. The number of nitrogens with zero attached hydrogens (tertiary/aromatic N) is 3. The highest BCUT2D eigenvalue weighted by atomic mass is 32.2. The quantitative estimate of drug-likeness (QED) is 0.481. The molecule has 1 aromatic heterocycles. The van der Waals surface area contributed by atoms with E-state index in [-0.39, 0.29) is 11.2 Å². The van der Waals surface area contributed by atoms with Crippen molar-refractivity contribution in [2.75, 3.05) is 13.0 Å². The van der Waals surface area contributed by atoms with Crippen molar-refractivity contribution >= 4 is 17.7 Å². The van der Waals surface area contributed by atoms with E-state index in [1.54, 1.807) is 7.11 Å². The van der Waals surface area contributed by atoms with E-state index in [4.69, 9.17) is 10.6 Å². The van der Waals surface area contributed by atoms with Crippen LogP contribution in [0.4, 0.5) is 0 Å². The molecule has 3 rings (SSSR count). The first-order valence-electron chi connectivity index (χ1n) is 8.41. The van der Waals surface area contributed by atoms with Gasteiger partial charge in [-0.15, -0.1) is 10.2 Å². The lowest BCUT2D eigenvalue weighted by atomic mass is 10.2. The summed E-state index contributed by atoms with van der Waals surface area (Å²) in [5.74, 6) is 7.32. The standard InChI is InChI=1S/C19H21N5O2S/c1-13(18(25)21-12-14-6-4-3-5-7-14)27-19-23-22-17(24(19)20)15-8-10-16(26-2)11-9-15/h3-11,13H,12,20H2,1-2H3,(H,21,25)/t13-/m1/s1. The zero-order chi connectivity index (χ0) is 19.2. The van der Waals surface area contributed by atoms with E-state index in [1.807, 2.05) is 61.5 Å². The Morgan fingerprint density at radius 1 is 1.19 bits per heavy atom. The number of aromatic nitrogens is 3. The number of methoxy groups -OCH3 is 1. The molecule has 1 heterocycles. The van der Waals surface area contributed by atoms with Crippen molar-refractivity contribution < 1.29 is 9.53 Å². The van der Waals surface area contributed by atoms with E-state index >= 15 is 0 Å². The molecule has 0 unspecified atom stereocenters. The molecule has 0 aliphatic carbocycles. The van der Waals surface area contributed by atoms with Crippen LogP contribution in [0.5, 0.6) is 5.75 Å². The minimum atomic E-state index is -0.357. The zero-order valence-electron chi connectivity index (χ0n) is 15.1. The smallest absolute Gasteiger partial charge is 0.233 e. The molecule has 3 N–H and O–H groups in total. The van der Waals surface area contributed by atoms with Crippen molar-refractivity contribution in [3.63, 3.8) is 0 Å². The minimum Gasteiger partial charge on any atom is -0.497 e. The van der Waals surface area contributed by atoms with Crippen LogP contribution in [0, 0.1) is 0 Å². The molecule has 1 amide bonds. The summed E-state index contributed by atoms with van der Waals surface area (Å²) in [6.45, 7) is 2.30. The lowest BCUT2D eigenvalue weighted by Crippen LogP contribution is -2.30. The van der Waals surface area contributed by atoms with Gasteiger partial charge in [-0.25, -0.2) is 4.68 Å². The Kier molecular flexibility index (Phi) is 5.97. The summed E-state index contributed by atoms with van der Waals surface area (Å²) in [5, 5.41) is 11.3. The summed E-state index contributed by atoms with van der Waals surface area (Å²) in [6, 6.07) is 17.1. The molecule has 0 aliphatic heterocycles. The fraction of sp³-hybridized carbons (Fsp3) is 0.211. The number of amides is 1. The maximum absolute atomic E-state index is 12.3. The van der Waals surface area contributed by atoms with Crippen LogP contribution in [-0.4, -0.2) is 33.1 Å². The van der Waals surface area contributed by atoms with E-state index < -0.39 is 0 Å². The highest BCUT2D eigenvalue weighted by Gasteiger charge is 2.19. The Bertz CT molecular complexity index is 896. The second kappa shape index (κ2) is 8.59. The molecule has 7 nitrogen and oxygen atoms in total. The summed E-state index contributed by atoms with van der Waals surface area (Å²) in [4.78, 5) is 12.3. The number of hydrogen-bond acceptors (Lipinski definition) is 6. The molecule has 27 heavy (non-hydrogen) atoms. The third-order valence-electron chi connectivity index (χ3n) is 3.97. The van der Waals surface area contributed by atoms with Crippen LogP contribution in [0.15, 0.2) is 59.8 Å². The maximum atomic E-state index is 12.3. The van der Waals surface area contributed by atoms with Gasteiger partial charge in [0, 0.05) is 12.1 Å². The molecular formula is C19H21N5O2S. The molecule has 8 heteroatoms. The fourth-order valence-corrected chi connectivity index (χ4v) is 3.23. The number of thioether (sulfide) groups is 1. The van der Waals surface area contributed by atoms with Gasteiger partial charge in [0.1, 0.15) is 5.75 Å². The first-order chi connectivity index (χ1) is 13.1. The molecule has 0 saturated heterocycles. The van der Waals surface area contributed by atoms with E-state index in [1.165, 1.54) is 16.4 Å². The van der Waals surface area contributed by atoms with Crippen molar-refractivity contribution in [3.05, 3.63) is 60.2 Å². The van der Waals surface area contributed by atoms with Gasteiger partial charge in [-0.2, -0.15) is 0 Å². The number of ether oxygens (including phenoxy) is 1. The van der Waals surface area contributed by atoms with E-state index in [0.717, 1.165) is 16.9 Å². The number of carbonyl (C=O) groups is 1. The average molecular weight is 383 g/mol.